The van der Waals surface area contributed by atoms with Crippen LogP contribution in [0.2, 0.25) is 0 Å². The maximum absolute atomic E-state index is 4.20. The van der Waals surface area contributed by atoms with Gasteiger partial charge < -0.3 is 5.32 Å². The number of anilines is 1. The Kier molecular flexibility index (Phi) is 19.0. The summed E-state index contributed by atoms with van der Waals surface area (Å²) in [6, 6.07) is 0. The molecule has 1 aromatic rings. The van der Waals surface area contributed by atoms with Gasteiger partial charge in [-0.2, -0.15) is 0 Å². The number of hydrogen-bond donors (Lipinski definition) is 1. The molecule has 164 valence electrons. The minimum absolute atomic E-state index is 0.908. The molecule has 6 heteroatoms. The first kappa shape index (κ1) is 26.1. The highest BCUT2D eigenvalue weighted by molar-refractivity contribution is 8.77. The van der Waals surface area contributed by atoms with Crippen LogP contribution in [0.5, 0.6) is 0 Å². The standard InChI is InChI=1S/C22H43N3S3/c1-3-5-6-7-8-9-10-11-12-13-14-15-16-17-18-19-20-26-28-22-25-24-21(27-22)23-4-2/h3-20H2,1-2H3,(H,23,24). The van der Waals surface area contributed by atoms with E-state index in [1.165, 1.54) is 108 Å². The summed E-state index contributed by atoms with van der Waals surface area (Å²) < 4.78 is 1.07. The number of nitrogens with one attached hydrogen (secondary N) is 1. The van der Waals surface area contributed by atoms with Crippen molar-refractivity contribution < 1.29 is 0 Å². The van der Waals surface area contributed by atoms with Crippen LogP contribution in [0.4, 0.5) is 5.13 Å². The van der Waals surface area contributed by atoms with Gasteiger partial charge in [-0.25, -0.2) is 0 Å². The Morgan fingerprint density at radius 1 is 0.679 bits per heavy atom. The number of rotatable bonds is 21. The summed E-state index contributed by atoms with van der Waals surface area (Å²) >= 11 is 1.66. The van der Waals surface area contributed by atoms with Crippen LogP contribution < -0.4 is 5.32 Å². The van der Waals surface area contributed by atoms with Crippen molar-refractivity contribution in [3.05, 3.63) is 0 Å². The van der Waals surface area contributed by atoms with Crippen molar-refractivity contribution in [2.75, 3.05) is 17.6 Å². The van der Waals surface area contributed by atoms with Gasteiger partial charge in [0.25, 0.3) is 0 Å². The van der Waals surface area contributed by atoms with Crippen LogP contribution in [0.25, 0.3) is 0 Å². The smallest absolute Gasteiger partial charge is 0.206 e. The number of unbranched alkanes of at least 4 members (excludes halogenated alkanes) is 15. The summed E-state index contributed by atoms with van der Waals surface area (Å²) in [5, 5.41) is 12.5. The molecule has 1 rings (SSSR count). The zero-order chi connectivity index (χ0) is 20.1. The molecular formula is C22H43N3S3. The first-order valence-corrected chi connectivity index (χ1v) is 14.9. The van der Waals surface area contributed by atoms with Gasteiger partial charge in [0.05, 0.1) is 0 Å². The number of hydrogen-bond acceptors (Lipinski definition) is 6. The minimum Gasteiger partial charge on any atom is -0.360 e. The first-order valence-electron chi connectivity index (χ1n) is 11.7. The van der Waals surface area contributed by atoms with Crippen LogP contribution in [-0.2, 0) is 0 Å². The van der Waals surface area contributed by atoms with Gasteiger partial charge in [-0.3, -0.25) is 0 Å². The summed E-state index contributed by atoms with van der Waals surface area (Å²) in [6.07, 6.45) is 22.9. The van der Waals surface area contributed by atoms with E-state index in [2.05, 4.69) is 29.4 Å². The third-order valence-corrected chi connectivity index (χ3v) is 8.56. The summed E-state index contributed by atoms with van der Waals surface area (Å²) in [5.41, 5.74) is 0. The highest BCUT2D eigenvalue weighted by atomic mass is 33.1. The van der Waals surface area contributed by atoms with Gasteiger partial charge in [0.1, 0.15) is 0 Å². The molecule has 1 heterocycles. The molecule has 0 saturated carbocycles. The summed E-state index contributed by atoms with van der Waals surface area (Å²) in [6.45, 7) is 5.29. The SMILES string of the molecule is CCCCCCCCCCCCCCCCCCSSc1nnc(NCC)s1. The van der Waals surface area contributed by atoms with Crippen LogP contribution >= 0.6 is 32.9 Å². The summed E-state index contributed by atoms with van der Waals surface area (Å²) in [7, 11) is 3.70. The molecule has 3 nitrogen and oxygen atoms in total. The van der Waals surface area contributed by atoms with E-state index in [1.54, 1.807) is 22.1 Å². The van der Waals surface area contributed by atoms with E-state index in [-0.39, 0.29) is 0 Å². The monoisotopic (exact) mass is 445 g/mol. The fourth-order valence-electron chi connectivity index (χ4n) is 3.27. The molecule has 0 saturated heterocycles. The third kappa shape index (κ3) is 15.9. The van der Waals surface area contributed by atoms with E-state index in [4.69, 9.17) is 0 Å². The Morgan fingerprint density at radius 3 is 1.68 bits per heavy atom. The molecule has 0 radical (unpaired) electrons. The Labute approximate surface area is 186 Å². The maximum atomic E-state index is 4.20. The van der Waals surface area contributed by atoms with Crippen LogP contribution in [-0.4, -0.2) is 22.5 Å². The van der Waals surface area contributed by atoms with E-state index in [9.17, 15) is 0 Å². The van der Waals surface area contributed by atoms with Crippen LogP contribution in [0.1, 0.15) is 117 Å². The van der Waals surface area contributed by atoms with Crippen molar-refractivity contribution in [2.24, 2.45) is 0 Å². The maximum Gasteiger partial charge on any atom is 0.206 e. The molecular weight excluding hydrogens is 402 g/mol. The van der Waals surface area contributed by atoms with Gasteiger partial charge in [0.2, 0.25) is 5.13 Å². The van der Waals surface area contributed by atoms with Gasteiger partial charge in [-0.1, -0.05) is 125 Å². The molecule has 0 unspecified atom stereocenters. The van der Waals surface area contributed by atoms with Gasteiger partial charge >= 0.3 is 0 Å². The Bertz CT molecular complexity index is 440. The number of nitrogens with zero attached hydrogens (tertiary/aromatic N) is 2. The van der Waals surface area contributed by atoms with Crippen molar-refractivity contribution in [1.82, 2.24) is 10.2 Å². The number of aromatic nitrogens is 2. The normalized spacial score (nSPS) is 11.2. The topological polar surface area (TPSA) is 37.8 Å². The molecule has 0 aliphatic heterocycles. The average molecular weight is 446 g/mol. The summed E-state index contributed by atoms with van der Waals surface area (Å²) in [4.78, 5) is 0. The molecule has 0 fully saturated rings. The molecule has 0 spiro atoms. The lowest BCUT2D eigenvalue weighted by Gasteiger charge is -2.03. The first-order chi connectivity index (χ1) is 13.9. The predicted octanol–water partition coefficient (Wildman–Crippen LogP) is 8.97. The fraction of sp³-hybridized carbons (Fsp3) is 0.909. The second-order valence-electron chi connectivity index (χ2n) is 7.61. The van der Waals surface area contributed by atoms with Crippen LogP contribution in [0.15, 0.2) is 4.34 Å². The van der Waals surface area contributed by atoms with E-state index in [1.807, 2.05) is 10.8 Å². The quantitative estimate of drug-likeness (QED) is 0.151. The van der Waals surface area contributed by atoms with E-state index in [0.29, 0.717) is 0 Å². The van der Waals surface area contributed by atoms with Crippen molar-refractivity contribution >= 4 is 38.1 Å². The van der Waals surface area contributed by atoms with E-state index < -0.39 is 0 Å². The summed E-state index contributed by atoms with van der Waals surface area (Å²) in [5.74, 6) is 1.22. The van der Waals surface area contributed by atoms with E-state index >= 15 is 0 Å². The van der Waals surface area contributed by atoms with Gasteiger partial charge in [-0.05, 0) is 24.1 Å². The fourth-order valence-corrected chi connectivity index (χ4v) is 6.51. The van der Waals surface area contributed by atoms with Gasteiger partial charge in [-0.15, -0.1) is 10.2 Å². The van der Waals surface area contributed by atoms with Crippen LogP contribution in [0.3, 0.4) is 0 Å². The molecule has 0 aromatic carbocycles. The Balaban J connectivity index is 1.73. The van der Waals surface area contributed by atoms with Crippen molar-refractivity contribution in [3.63, 3.8) is 0 Å². The molecule has 0 amide bonds. The second-order valence-corrected chi connectivity index (χ2v) is 11.3. The molecule has 0 atom stereocenters. The zero-order valence-corrected chi connectivity index (χ0v) is 20.8. The predicted molar refractivity (Wildman–Crippen MR) is 132 cm³/mol. The Hall–Kier alpha value is 0.0600. The van der Waals surface area contributed by atoms with Gasteiger partial charge in [0.15, 0.2) is 4.34 Å². The Morgan fingerprint density at radius 2 is 1.18 bits per heavy atom. The van der Waals surface area contributed by atoms with Crippen molar-refractivity contribution in [1.29, 1.82) is 0 Å². The average Bonchev–Trinajstić information content (AvgIpc) is 3.15. The molecule has 0 aliphatic carbocycles. The molecule has 0 bridgehead atoms. The molecule has 0 aliphatic rings. The zero-order valence-electron chi connectivity index (χ0n) is 18.3. The lowest BCUT2D eigenvalue weighted by Crippen LogP contribution is -1.94. The van der Waals surface area contributed by atoms with Crippen LogP contribution in [0, 0.1) is 0 Å². The lowest BCUT2D eigenvalue weighted by atomic mass is 10.0. The van der Waals surface area contributed by atoms with Gasteiger partial charge in [0, 0.05) is 12.3 Å². The highest BCUT2D eigenvalue weighted by Crippen LogP contribution is 2.35. The van der Waals surface area contributed by atoms with Crippen molar-refractivity contribution in [3.8, 4) is 0 Å². The lowest BCUT2D eigenvalue weighted by molar-refractivity contribution is 0.532. The van der Waals surface area contributed by atoms with Crippen molar-refractivity contribution in [2.45, 2.75) is 121 Å². The highest BCUT2D eigenvalue weighted by Gasteiger charge is 2.03. The molecule has 1 N–H and O–H groups in total. The molecule has 28 heavy (non-hydrogen) atoms. The second kappa shape index (κ2) is 20.3. The third-order valence-electron chi connectivity index (χ3n) is 4.95. The van der Waals surface area contributed by atoms with E-state index in [0.717, 1.165) is 16.0 Å². The largest absolute Gasteiger partial charge is 0.360 e. The minimum atomic E-state index is 0.908. The molecule has 1 aromatic heterocycles.